The van der Waals surface area contributed by atoms with E-state index < -0.39 is 8.03 Å². The van der Waals surface area contributed by atoms with Crippen LogP contribution in [-0.4, -0.2) is 6.61 Å². The molecule has 1 aromatic carbocycles. The van der Waals surface area contributed by atoms with Crippen molar-refractivity contribution < 1.29 is 9.09 Å². The standard InChI is InChI=1S/C14H20O2P/c1-3-5-6-12-16-17(15)14-10-8-13(7-4-2)9-11-14/h4,8-11H,2-3,5-7,12H2,1H3/q+1. The summed E-state index contributed by atoms with van der Waals surface area (Å²) in [5, 5.41) is 0.768. The van der Waals surface area contributed by atoms with Crippen molar-refractivity contribution in [3.63, 3.8) is 0 Å². The molecule has 0 N–H and O–H groups in total. The van der Waals surface area contributed by atoms with E-state index in [0.29, 0.717) is 6.61 Å². The molecule has 0 aliphatic heterocycles. The van der Waals surface area contributed by atoms with Gasteiger partial charge < -0.3 is 0 Å². The van der Waals surface area contributed by atoms with E-state index in [-0.39, 0.29) is 0 Å². The van der Waals surface area contributed by atoms with Gasteiger partial charge in [0.25, 0.3) is 0 Å². The van der Waals surface area contributed by atoms with E-state index in [1.165, 1.54) is 5.56 Å². The SMILES string of the molecule is C=CCc1ccc([P+](=O)OCCCCC)cc1. The molecule has 0 aliphatic rings. The largest absolute Gasteiger partial charge is 0.548 e. The van der Waals surface area contributed by atoms with Crippen LogP contribution in [0.5, 0.6) is 0 Å². The van der Waals surface area contributed by atoms with Gasteiger partial charge in [-0.2, -0.15) is 0 Å². The molecular weight excluding hydrogens is 231 g/mol. The van der Waals surface area contributed by atoms with Crippen molar-refractivity contribution in [2.45, 2.75) is 32.6 Å². The molecule has 1 rings (SSSR count). The lowest BCUT2D eigenvalue weighted by atomic mass is 10.2. The van der Waals surface area contributed by atoms with E-state index in [1.54, 1.807) is 0 Å². The zero-order chi connectivity index (χ0) is 12.5. The van der Waals surface area contributed by atoms with Gasteiger partial charge in [-0.1, -0.05) is 38.0 Å². The Balaban J connectivity index is 2.43. The minimum Gasteiger partial charge on any atom is -0.142 e. The van der Waals surface area contributed by atoms with Crippen molar-refractivity contribution in [1.82, 2.24) is 0 Å². The lowest BCUT2D eigenvalue weighted by Gasteiger charge is -1.95. The molecule has 3 heteroatoms. The first-order chi connectivity index (χ1) is 8.27. The van der Waals surface area contributed by atoms with Crippen molar-refractivity contribution in [2.24, 2.45) is 0 Å². The van der Waals surface area contributed by atoms with Crippen molar-refractivity contribution >= 4 is 13.3 Å². The van der Waals surface area contributed by atoms with Crippen molar-refractivity contribution in [2.75, 3.05) is 6.61 Å². The van der Waals surface area contributed by atoms with Gasteiger partial charge in [0, 0.05) is 0 Å². The summed E-state index contributed by atoms with van der Waals surface area (Å²) in [6.45, 7) is 6.41. The number of hydrogen-bond acceptors (Lipinski definition) is 2. The Hall–Kier alpha value is -0.980. The van der Waals surface area contributed by atoms with Gasteiger partial charge in [-0.15, -0.1) is 11.1 Å². The van der Waals surface area contributed by atoms with Crippen LogP contribution in [-0.2, 0) is 15.5 Å². The summed E-state index contributed by atoms with van der Waals surface area (Å²) in [6.07, 6.45) is 5.95. The Morgan fingerprint density at radius 1 is 1.29 bits per heavy atom. The Kier molecular flexibility index (Phi) is 6.76. The van der Waals surface area contributed by atoms with Gasteiger partial charge in [0.2, 0.25) is 5.30 Å². The average molecular weight is 251 g/mol. The van der Waals surface area contributed by atoms with Crippen molar-refractivity contribution in [3.8, 4) is 0 Å². The first kappa shape index (κ1) is 14.1. The lowest BCUT2D eigenvalue weighted by Crippen LogP contribution is -1.99. The van der Waals surface area contributed by atoms with Crippen LogP contribution < -0.4 is 5.30 Å². The fraction of sp³-hybridized carbons (Fsp3) is 0.429. The van der Waals surface area contributed by atoms with Gasteiger partial charge >= 0.3 is 8.03 Å². The first-order valence-corrected chi connectivity index (χ1v) is 7.25. The summed E-state index contributed by atoms with van der Waals surface area (Å²) in [5.41, 5.74) is 1.18. The molecule has 0 radical (unpaired) electrons. The molecule has 0 aromatic heterocycles. The van der Waals surface area contributed by atoms with Crippen LogP contribution in [0.3, 0.4) is 0 Å². The smallest absolute Gasteiger partial charge is 0.142 e. The fourth-order valence-electron chi connectivity index (χ4n) is 1.49. The molecule has 1 unspecified atom stereocenters. The van der Waals surface area contributed by atoms with Crippen LogP contribution in [0.25, 0.3) is 0 Å². The molecule has 0 spiro atoms. The third kappa shape index (κ3) is 5.25. The topological polar surface area (TPSA) is 26.3 Å². The zero-order valence-electron chi connectivity index (χ0n) is 10.4. The van der Waals surface area contributed by atoms with Gasteiger partial charge in [-0.25, -0.2) is 0 Å². The first-order valence-electron chi connectivity index (χ1n) is 6.08. The second kappa shape index (κ2) is 8.16. The molecule has 0 amide bonds. The van der Waals surface area contributed by atoms with Crippen LogP contribution in [0, 0.1) is 0 Å². The molecular formula is C14H20O2P+. The fourth-order valence-corrected chi connectivity index (χ4v) is 2.33. The summed E-state index contributed by atoms with van der Waals surface area (Å²) in [6, 6.07) is 7.69. The van der Waals surface area contributed by atoms with Crippen LogP contribution >= 0.6 is 8.03 Å². The monoisotopic (exact) mass is 251 g/mol. The number of hydrogen-bond donors (Lipinski definition) is 0. The number of rotatable bonds is 8. The predicted octanol–water partition coefficient (Wildman–Crippen LogP) is 3.99. The van der Waals surface area contributed by atoms with Crippen LogP contribution in [0.1, 0.15) is 31.7 Å². The van der Waals surface area contributed by atoms with Gasteiger partial charge in [0.15, 0.2) is 0 Å². The molecule has 1 atom stereocenters. The highest BCUT2D eigenvalue weighted by Crippen LogP contribution is 2.22. The van der Waals surface area contributed by atoms with E-state index in [9.17, 15) is 4.57 Å². The maximum absolute atomic E-state index is 11.8. The Labute approximate surface area is 105 Å². The van der Waals surface area contributed by atoms with E-state index >= 15 is 0 Å². The predicted molar refractivity (Wildman–Crippen MR) is 73.1 cm³/mol. The molecule has 0 fully saturated rings. The Bertz CT molecular complexity index is 357. The highest BCUT2D eigenvalue weighted by Gasteiger charge is 2.21. The maximum Gasteiger partial charge on any atom is 0.548 e. The molecule has 0 bridgehead atoms. The summed E-state index contributed by atoms with van der Waals surface area (Å²) >= 11 is 0. The van der Waals surface area contributed by atoms with Crippen LogP contribution in [0.2, 0.25) is 0 Å². The molecule has 1 aromatic rings. The van der Waals surface area contributed by atoms with E-state index in [0.717, 1.165) is 31.0 Å². The Morgan fingerprint density at radius 2 is 2.00 bits per heavy atom. The summed E-state index contributed by atoms with van der Waals surface area (Å²) < 4.78 is 17.1. The third-order valence-corrected chi connectivity index (χ3v) is 3.62. The van der Waals surface area contributed by atoms with Gasteiger partial charge in [-0.05, 0) is 35.1 Å². The zero-order valence-corrected chi connectivity index (χ0v) is 11.3. The van der Waals surface area contributed by atoms with E-state index in [4.69, 9.17) is 4.52 Å². The van der Waals surface area contributed by atoms with Gasteiger partial charge in [0.1, 0.15) is 6.61 Å². The summed E-state index contributed by atoms with van der Waals surface area (Å²) in [4.78, 5) is 0. The second-order valence-corrected chi connectivity index (χ2v) is 5.25. The maximum atomic E-state index is 11.8. The molecule has 0 saturated carbocycles. The second-order valence-electron chi connectivity index (χ2n) is 3.96. The average Bonchev–Trinajstić information content (AvgIpc) is 2.36. The minimum absolute atomic E-state index is 0.581. The molecule has 0 heterocycles. The number of benzene rings is 1. The van der Waals surface area contributed by atoms with Crippen LogP contribution in [0.4, 0.5) is 0 Å². The highest BCUT2D eigenvalue weighted by molar-refractivity contribution is 7.48. The molecule has 2 nitrogen and oxygen atoms in total. The third-order valence-electron chi connectivity index (χ3n) is 2.48. The van der Waals surface area contributed by atoms with Crippen LogP contribution in [0.15, 0.2) is 36.9 Å². The lowest BCUT2D eigenvalue weighted by molar-refractivity contribution is 0.323. The van der Waals surface area contributed by atoms with Crippen molar-refractivity contribution in [1.29, 1.82) is 0 Å². The number of unbranched alkanes of at least 4 members (excludes halogenated alkanes) is 2. The number of allylic oxidation sites excluding steroid dienone is 1. The van der Waals surface area contributed by atoms with Gasteiger partial charge in [0.05, 0.1) is 0 Å². The van der Waals surface area contributed by atoms with Gasteiger partial charge in [-0.3, -0.25) is 0 Å². The molecule has 92 valence electrons. The summed E-state index contributed by atoms with van der Waals surface area (Å²) in [5.74, 6) is 0. The molecule has 0 saturated heterocycles. The normalized spacial score (nSPS) is 11.2. The minimum atomic E-state index is -1.69. The van der Waals surface area contributed by atoms with E-state index in [1.807, 2.05) is 30.3 Å². The molecule has 0 aliphatic carbocycles. The van der Waals surface area contributed by atoms with Crippen molar-refractivity contribution in [3.05, 3.63) is 42.5 Å². The van der Waals surface area contributed by atoms with E-state index in [2.05, 4.69) is 13.5 Å². The molecule has 17 heavy (non-hydrogen) atoms. The quantitative estimate of drug-likeness (QED) is 0.396. The Morgan fingerprint density at radius 3 is 2.59 bits per heavy atom. The highest BCUT2D eigenvalue weighted by atomic mass is 31.1. The summed E-state index contributed by atoms with van der Waals surface area (Å²) in [7, 11) is -1.69.